The van der Waals surface area contributed by atoms with Crippen molar-refractivity contribution in [3.8, 4) is 11.5 Å². The van der Waals surface area contributed by atoms with Crippen LogP contribution in [0.15, 0.2) is 97.1 Å². The summed E-state index contributed by atoms with van der Waals surface area (Å²) >= 11 is 0. The minimum absolute atomic E-state index is 0.162. The van der Waals surface area contributed by atoms with Crippen molar-refractivity contribution in [2.75, 3.05) is 14.2 Å². The van der Waals surface area contributed by atoms with E-state index in [1.807, 2.05) is 57.2 Å². The van der Waals surface area contributed by atoms with E-state index >= 15 is 0 Å². The topological polar surface area (TPSA) is 65.0 Å². The van der Waals surface area contributed by atoms with Crippen molar-refractivity contribution in [3.05, 3.63) is 119 Å². The van der Waals surface area contributed by atoms with Gasteiger partial charge in [0.15, 0.2) is 0 Å². The molecule has 0 amide bonds. The summed E-state index contributed by atoms with van der Waals surface area (Å²) in [5, 5.41) is 20.0. The van der Waals surface area contributed by atoms with Gasteiger partial charge in [0.1, 0.15) is 22.7 Å². The second kappa shape index (κ2) is 12.6. The minimum Gasteiger partial charge on any atom is -0.497 e. The summed E-state index contributed by atoms with van der Waals surface area (Å²) in [7, 11) is 3.32. The standard InChI is InChI=1S/C41H42O5/c1-40(2,3)46-37(42)13-8-6-7-10-30-26-32(20-25-36(30)45-5)41(43,31-18-21-33(44-4)22-19-31)35-24-17-29-15-14-27-11-9-12-28-16-23-34(35)39(29)38(27)28/h9,11-12,14-26,43H,6-8,10,13H2,1-5H3. The van der Waals surface area contributed by atoms with Crippen LogP contribution >= 0.6 is 0 Å². The third-order valence-electron chi connectivity index (χ3n) is 8.87. The Morgan fingerprint density at radius 3 is 2.02 bits per heavy atom. The zero-order chi connectivity index (χ0) is 32.5. The molecule has 0 bridgehead atoms. The normalized spacial score (nSPS) is 13.3. The van der Waals surface area contributed by atoms with E-state index in [0.29, 0.717) is 6.42 Å². The lowest BCUT2D eigenvalue weighted by Crippen LogP contribution is -2.29. The fraction of sp³-hybridized carbons (Fsp3) is 0.293. The van der Waals surface area contributed by atoms with Crippen molar-refractivity contribution in [2.24, 2.45) is 0 Å². The third-order valence-corrected chi connectivity index (χ3v) is 8.87. The number of carbonyl (C=O) groups is 1. The number of aliphatic hydroxyl groups is 1. The molecule has 0 aromatic heterocycles. The van der Waals surface area contributed by atoms with E-state index in [1.54, 1.807) is 14.2 Å². The van der Waals surface area contributed by atoms with Gasteiger partial charge in [-0.3, -0.25) is 4.79 Å². The molecule has 6 rings (SSSR count). The van der Waals surface area contributed by atoms with Gasteiger partial charge in [-0.2, -0.15) is 0 Å². The Morgan fingerprint density at radius 1 is 0.696 bits per heavy atom. The van der Waals surface area contributed by atoms with Gasteiger partial charge in [0.2, 0.25) is 0 Å². The predicted octanol–water partition coefficient (Wildman–Crippen LogP) is 9.33. The van der Waals surface area contributed by atoms with Crippen LogP contribution in [0.25, 0.3) is 32.3 Å². The van der Waals surface area contributed by atoms with Gasteiger partial charge in [0.25, 0.3) is 0 Å². The first-order valence-corrected chi connectivity index (χ1v) is 16.1. The molecule has 1 atom stereocenters. The maximum Gasteiger partial charge on any atom is 0.306 e. The molecule has 46 heavy (non-hydrogen) atoms. The maximum atomic E-state index is 13.1. The van der Waals surface area contributed by atoms with Crippen LogP contribution in [0.4, 0.5) is 0 Å². The highest BCUT2D eigenvalue weighted by Gasteiger charge is 2.36. The molecule has 236 valence electrons. The highest BCUT2D eigenvalue weighted by atomic mass is 16.6. The molecule has 1 N–H and O–H groups in total. The fourth-order valence-corrected chi connectivity index (χ4v) is 6.71. The molecular weight excluding hydrogens is 572 g/mol. The zero-order valence-corrected chi connectivity index (χ0v) is 27.4. The number of hydrogen-bond donors (Lipinski definition) is 1. The summed E-state index contributed by atoms with van der Waals surface area (Å²) in [5.41, 5.74) is 1.40. The quantitative estimate of drug-likeness (QED) is 0.0682. The predicted molar refractivity (Wildman–Crippen MR) is 186 cm³/mol. The van der Waals surface area contributed by atoms with E-state index in [0.717, 1.165) is 75.6 Å². The number of hydrogen-bond acceptors (Lipinski definition) is 5. The first-order valence-electron chi connectivity index (χ1n) is 16.1. The molecular formula is C41H42O5. The zero-order valence-electron chi connectivity index (χ0n) is 27.4. The van der Waals surface area contributed by atoms with Crippen molar-refractivity contribution in [2.45, 2.75) is 64.1 Å². The number of rotatable bonds is 11. The van der Waals surface area contributed by atoms with Crippen LogP contribution in [-0.2, 0) is 21.6 Å². The lowest BCUT2D eigenvalue weighted by atomic mass is 9.76. The van der Waals surface area contributed by atoms with Crippen LogP contribution in [0.3, 0.4) is 0 Å². The Labute approximate surface area is 271 Å². The first-order chi connectivity index (χ1) is 22.1. The Hall–Kier alpha value is -4.61. The van der Waals surface area contributed by atoms with Gasteiger partial charge in [0.05, 0.1) is 14.2 Å². The molecule has 6 aromatic rings. The van der Waals surface area contributed by atoms with Crippen LogP contribution in [0, 0.1) is 0 Å². The fourth-order valence-electron chi connectivity index (χ4n) is 6.71. The van der Waals surface area contributed by atoms with Gasteiger partial charge >= 0.3 is 5.97 Å². The highest BCUT2D eigenvalue weighted by molar-refractivity contribution is 6.23. The van der Waals surface area contributed by atoms with E-state index in [1.165, 1.54) is 16.2 Å². The van der Waals surface area contributed by atoms with Crippen LogP contribution in [0.1, 0.15) is 68.7 Å². The lowest BCUT2D eigenvalue weighted by molar-refractivity contribution is -0.154. The van der Waals surface area contributed by atoms with E-state index in [9.17, 15) is 9.90 Å². The monoisotopic (exact) mass is 614 g/mol. The minimum atomic E-state index is -1.47. The number of methoxy groups -OCH3 is 2. The van der Waals surface area contributed by atoms with Gasteiger partial charge in [0, 0.05) is 12.0 Å². The van der Waals surface area contributed by atoms with E-state index in [4.69, 9.17) is 14.2 Å². The smallest absolute Gasteiger partial charge is 0.306 e. The molecule has 0 fully saturated rings. The Bertz CT molecular complexity index is 1970. The summed E-state index contributed by atoms with van der Waals surface area (Å²) in [6, 6.07) is 32.9. The molecule has 0 radical (unpaired) electrons. The molecule has 0 aliphatic carbocycles. The van der Waals surface area contributed by atoms with Gasteiger partial charge < -0.3 is 19.3 Å². The van der Waals surface area contributed by atoms with Crippen LogP contribution < -0.4 is 9.47 Å². The largest absolute Gasteiger partial charge is 0.497 e. The van der Waals surface area contributed by atoms with Gasteiger partial charge in [-0.1, -0.05) is 79.2 Å². The number of ether oxygens (including phenoxy) is 3. The second-order valence-electron chi connectivity index (χ2n) is 13.1. The molecule has 0 heterocycles. The Kier molecular flexibility index (Phi) is 8.63. The van der Waals surface area contributed by atoms with Crippen molar-refractivity contribution in [1.29, 1.82) is 0 Å². The number of aryl methyl sites for hydroxylation is 1. The van der Waals surface area contributed by atoms with Crippen molar-refractivity contribution >= 4 is 38.3 Å². The van der Waals surface area contributed by atoms with Crippen LogP contribution in [0.2, 0.25) is 0 Å². The molecule has 0 saturated heterocycles. The number of benzene rings is 6. The maximum absolute atomic E-state index is 13.1. The SMILES string of the molecule is COc1ccc(C(O)(c2ccc(OC)c(CCCCCC(=O)OC(C)(C)C)c2)c2ccc3ccc4cccc5ccc2c3c45)cc1. The van der Waals surface area contributed by atoms with Crippen LogP contribution in [-0.4, -0.2) is 30.9 Å². The van der Waals surface area contributed by atoms with E-state index < -0.39 is 11.2 Å². The van der Waals surface area contributed by atoms with Crippen molar-refractivity contribution in [3.63, 3.8) is 0 Å². The van der Waals surface area contributed by atoms with Gasteiger partial charge in [-0.15, -0.1) is 0 Å². The lowest BCUT2D eigenvalue weighted by Gasteiger charge is -2.32. The summed E-state index contributed by atoms with van der Waals surface area (Å²) in [6.07, 6.45) is 3.67. The van der Waals surface area contributed by atoms with E-state index in [-0.39, 0.29) is 5.97 Å². The van der Waals surface area contributed by atoms with Gasteiger partial charge in [-0.05, 0) is 113 Å². The first kappa shape index (κ1) is 31.4. The van der Waals surface area contributed by atoms with Crippen LogP contribution in [0.5, 0.6) is 11.5 Å². The van der Waals surface area contributed by atoms with Gasteiger partial charge in [-0.25, -0.2) is 0 Å². The second-order valence-corrected chi connectivity index (χ2v) is 13.1. The molecule has 0 aliphatic heterocycles. The Morgan fingerprint density at radius 2 is 1.35 bits per heavy atom. The number of esters is 1. The number of carbonyl (C=O) groups excluding carboxylic acids is 1. The van der Waals surface area contributed by atoms with E-state index in [2.05, 4.69) is 60.7 Å². The third kappa shape index (κ3) is 6.00. The molecule has 0 saturated carbocycles. The summed E-state index contributed by atoms with van der Waals surface area (Å²) in [4.78, 5) is 12.2. The molecule has 0 spiro atoms. The average Bonchev–Trinajstić information content (AvgIpc) is 3.05. The number of unbranched alkanes of at least 4 members (excludes halogenated alkanes) is 2. The molecule has 0 aliphatic rings. The Balaban J connectivity index is 1.41. The van der Waals surface area contributed by atoms with Crippen molar-refractivity contribution < 1.29 is 24.1 Å². The summed E-state index contributed by atoms with van der Waals surface area (Å²) in [6.45, 7) is 5.67. The summed E-state index contributed by atoms with van der Waals surface area (Å²) in [5.74, 6) is 1.34. The average molecular weight is 615 g/mol. The highest BCUT2D eigenvalue weighted by Crippen LogP contribution is 2.45. The molecule has 1 unspecified atom stereocenters. The van der Waals surface area contributed by atoms with Crippen molar-refractivity contribution in [1.82, 2.24) is 0 Å². The molecule has 5 heteroatoms. The molecule has 6 aromatic carbocycles. The summed E-state index contributed by atoms with van der Waals surface area (Å²) < 4.78 is 16.7. The molecule has 5 nitrogen and oxygen atoms in total.